The van der Waals surface area contributed by atoms with Crippen LogP contribution in [0.3, 0.4) is 0 Å². The van der Waals surface area contributed by atoms with Crippen molar-refractivity contribution in [2.24, 2.45) is 5.92 Å². The Morgan fingerprint density at radius 3 is 2.67 bits per heavy atom. The number of rotatable bonds is 13. The van der Waals surface area contributed by atoms with Gasteiger partial charge in [-0.25, -0.2) is 14.4 Å². The molecule has 0 radical (unpaired) electrons. The first-order valence-corrected chi connectivity index (χ1v) is 16.3. The van der Waals surface area contributed by atoms with Crippen molar-refractivity contribution in [1.29, 1.82) is 0 Å². The van der Waals surface area contributed by atoms with Crippen LogP contribution < -0.4 is 5.32 Å². The lowest BCUT2D eigenvalue weighted by Gasteiger charge is -2.11. The van der Waals surface area contributed by atoms with Gasteiger partial charge in [0, 0.05) is 18.3 Å². The molecule has 5 aromatic rings. The maximum absolute atomic E-state index is 14.8. The summed E-state index contributed by atoms with van der Waals surface area (Å²) in [6, 6.07) is 11.0. The van der Waals surface area contributed by atoms with Crippen LogP contribution >= 0.6 is 0 Å². The van der Waals surface area contributed by atoms with Crippen LogP contribution in [0.1, 0.15) is 50.3 Å². The minimum absolute atomic E-state index is 0.278. The molecule has 6 rings (SSSR count). The number of pyridine rings is 2. The number of nitrogens with one attached hydrogen (secondary N) is 3. The zero-order valence-electron chi connectivity index (χ0n) is 27.0. The van der Waals surface area contributed by atoms with Crippen LogP contribution in [-0.2, 0) is 6.42 Å². The molecule has 1 saturated carbocycles. The van der Waals surface area contributed by atoms with E-state index in [9.17, 15) is 4.39 Å². The van der Waals surface area contributed by atoms with Gasteiger partial charge < -0.3 is 15.2 Å². The summed E-state index contributed by atoms with van der Waals surface area (Å²) in [6.45, 7) is 8.84. The highest BCUT2D eigenvalue weighted by Crippen LogP contribution is 2.31. The number of hydrogen-bond donors (Lipinski definition) is 3. The zero-order valence-corrected chi connectivity index (χ0v) is 27.0. The van der Waals surface area contributed by atoms with Gasteiger partial charge in [-0.05, 0) is 125 Å². The number of fused-ring (bicyclic) bond motifs is 2. The molecule has 1 aliphatic rings. The fourth-order valence-electron chi connectivity index (χ4n) is 6.34. The summed E-state index contributed by atoms with van der Waals surface area (Å²) < 4.78 is 14.8. The second-order valence-corrected chi connectivity index (χ2v) is 12.5. The number of aromatic nitrogens is 6. The average molecular weight is 619 g/mol. The molecular weight excluding hydrogens is 575 g/mol. The summed E-state index contributed by atoms with van der Waals surface area (Å²) in [5.74, 6) is 1.08. The number of hydrogen-bond acceptors (Lipinski definition) is 6. The minimum Gasteiger partial charge on any atom is -0.336 e. The van der Waals surface area contributed by atoms with Crippen LogP contribution in [0.5, 0.6) is 0 Å². The number of halogens is 1. The Morgan fingerprint density at radius 1 is 1.07 bits per heavy atom. The Labute approximate surface area is 270 Å². The van der Waals surface area contributed by atoms with Gasteiger partial charge in [-0.15, -0.1) is 0 Å². The molecule has 46 heavy (non-hydrogen) atoms. The fraction of sp³-hybridized carbons (Fsp3) is 0.351. The maximum atomic E-state index is 14.8. The molecule has 0 amide bonds. The molecule has 238 valence electrons. The van der Waals surface area contributed by atoms with Gasteiger partial charge in [0.05, 0.1) is 22.4 Å². The summed E-state index contributed by atoms with van der Waals surface area (Å²) in [5, 5.41) is 11.3. The van der Waals surface area contributed by atoms with Crippen LogP contribution in [0.2, 0.25) is 0 Å². The Morgan fingerprint density at radius 2 is 1.89 bits per heavy atom. The van der Waals surface area contributed by atoms with Crippen LogP contribution in [0.15, 0.2) is 73.0 Å². The van der Waals surface area contributed by atoms with Crippen LogP contribution in [0.25, 0.3) is 50.4 Å². The molecule has 0 aliphatic heterocycles. The van der Waals surface area contributed by atoms with Gasteiger partial charge in [-0.1, -0.05) is 31.6 Å². The average Bonchev–Trinajstić information content (AvgIpc) is 3.81. The highest BCUT2D eigenvalue weighted by atomic mass is 19.1. The van der Waals surface area contributed by atoms with Crippen molar-refractivity contribution >= 4 is 27.6 Å². The first-order chi connectivity index (χ1) is 22.4. The van der Waals surface area contributed by atoms with E-state index in [2.05, 4.69) is 49.1 Å². The lowest BCUT2D eigenvalue weighted by molar-refractivity contribution is 0.400. The quantitative estimate of drug-likeness (QED) is 0.118. The van der Waals surface area contributed by atoms with Crippen molar-refractivity contribution < 1.29 is 4.39 Å². The second-order valence-electron chi connectivity index (χ2n) is 12.5. The van der Waals surface area contributed by atoms with Crippen molar-refractivity contribution in [3.8, 4) is 22.8 Å². The molecule has 0 atom stereocenters. The number of H-pyrrole nitrogens is 2. The summed E-state index contributed by atoms with van der Waals surface area (Å²) in [7, 11) is 4.09. The normalized spacial score (nSPS) is 14.7. The molecule has 9 heteroatoms. The maximum Gasteiger partial charge on any atom is 0.161 e. The van der Waals surface area contributed by atoms with E-state index in [1.807, 2.05) is 51.4 Å². The molecule has 0 bridgehead atoms. The van der Waals surface area contributed by atoms with Crippen LogP contribution in [0, 0.1) is 11.7 Å². The third-order valence-corrected chi connectivity index (χ3v) is 8.78. The smallest absolute Gasteiger partial charge is 0.161 e. The first kappa shape index (κ1) is 31.5. The standard InChI is InChI=1S/C37H43FN8/c1-5-24(22-39-23-25-10-7-8-11-25)18-27(6-2)30-13-14-32-35(41-30)36(45-44-32)37-42-31-15-16-40-33(34(31)43-37)28-19-26(20-29(38)21-28)12-9-17-46(3)4/h5-6,13-16,18-21,25,39H,1,7-12,17,22-23H2,2-4H3,(H,42,43)(H,44,45)/b24-18+,27-6+. The molecule has 3 N–H and O–H groups in total. The Balaban J connectivity index is 1.28. The molecule has 8 nitrogen and oxygen atoms in total. The summed E-state index contributed by atoms with van der Waals surface area (Å²) >= 11 is 0. The Kier molecular flexibility index (Phi) is 9.80. The summed E-state index contributed by atoms with van der Waals surface area (Å²) in [5.41, 5.74) is 8.84. The van der Waals surface area contributed by atoms with E-state index in [1.165, 1.54) is 31.7 Å². The van der Waals surface area contributed by atoms with Crippen molar-refractivity contribution in [2.75, 3.05) is 33.7 Å². The summed E-state index contributed by atoms with van der Waals surface area (Å²) in [6.07, 6.45) is 14.9. The van der Waals surface area contributed by atoms with Crippen molar-refractivity contribution in [3.63, 3.8) is 0 Å². The van der Waals surface area contributed by atoms with Gasteiger partial charge in [-0.2, -0.15) is 5.10 Å². The third-order valence-electron chi connectivity index (χ3n) is 8.78. The predicted octanol–water partition coefficient (Wildman–Crippen LogP) is 7.49. The largest absolute Gasteiger partial charge is 0.336 e. The van der Waals surface area contributed by atoms with Crippen LogP contribution in [0.4, 0.5) is 4.39 Å². The van der Waals surface area contributed by atoms with Gasteiger partial charge in [0.2, 0.25) is 0 Å². The molecular formula is C37H43FN8. The second kappa shape index (κ2) is 14.3. The number of aromatic amines is 2. The molecule has 4 aromatic heterocycles. The fourth-order valence-corrected chi connectivity index (χ4v) is 6.34. The molecule has 4 heterocycles. The zero-order chi connectivity index (χ0) is 32.0. The van der Waals surface area contributed by atoms with E-state index in [-0.39, 0.29) is 5.82 Å². The number of imidazole rings is 1. The molecule has 1 aliphatic carbocycles. The number of benzene rings is 1. The highest BCUT2D eigenvalue weighted by molar-refractivity contribution is 5.95. The third kappa shape index (κ3) is 7.16. The van der Waals surface area contributed by atoms with Crippen molar-refractivity contribution in [1.82, 2.24) is 40.3 Å². The summed E-state index contributed by atoms with van der Waals surface area (Å²) in [4.78, 5) is 20.1. The van der Waals surface area contributed by atoms with Gasteiger partial charge in [0.1, 0.15) is 16.9 Å². The molecule has 0 unspecified atom stereocenters. The molecule has 0 saturated heterocycles. The number of allylic oxidation sites excluding steroid dienone is 3. The van der Waals surface area contributed by atoms with Crippen molar-refractivity contribution in [2.45, 2.75) is 45.4 Å². The molecule has 1 aromatic carbocycles. The molecule has 0 spiro atoms. The van der Waals surface area contributed by atoms with Gasteiger partial charge >= 0.3 is 0 Å². The van der Waals surface area contributed by atoms with Gasteiger partial charge in [0.15, 0.2) is 11.5 Å². The van der Waals surface area contributed by atoms with E-state index in [1.54, 1.807) is 12.3 Å². The number of aryl methyl sites for hydroxylation is 1. The monoisotopic (exact) mass is 618 g/mol. The van der Waals surface area contributed by atoms with E-state index in [0.717, 1.165) is 71.8 Å². The van der Waals surface area contributed by atoms with E-state index in [4.69, 9.17) is 9.97 Å². The topological polar surface area (TPSA) is 98.4 Å². The first-order valence-electron chi connectivity index (χ1n) is 16.3. The lowest BCUT2D eigenvalue weighted by Crippen LogP contribution is -2.23. The minimum atomic E-state index is -0.278. The number of nitrogens with zero attached hydrogens (tertiary/aromatic N) is 5. The lowest BCUT2D eigenvalue weighted by atomic mass is 10.0. The van der Waals surface area contributed by atoms with E-state index >= 15 is 0 Å². The highest BCUT2D eigenvalue weighted by Gasteiger charge is 2.19. The Hall–Kier alpha value is -4.47. The van der Waals surface area contributed by atoms with Crippen LogP contribution in [-0.4, -0.2) is 68.8 Å². The van der Waals surface area contributed by atoms with Gasteiger partial charge in [0.25, 0.3) is 0 Å². The SMILES string of the molecule is C=C/C(=C\C(=C/C)c1ccc2[nH]nc(-c3nc4c(-c5cc(F)cc(CCCN(C)C)c5)nccc4[nH]3)c2n1)CNCC1CCCC1. The Bertz CT molecular complexity index is 1890. The van der Waals surface area contributed by atoms with Crippen molar-refractivity contribution in [3.05, 3.63) is 90.0 Å². The van der Waals surface area contributed by atoms with Gasteiger partial charge in [-0.3, -0.25) is 10.1 Å². The van der Waals surface area contributed by atoms with E-state index in [0.29, 0.717) is 33.8 Å². The predicted molar refractivity (Wildman–Crippen MR) is 186 cm³/mol. The van der Waals surface area contributed by atoms with E-state index < -0.39 is 0 Å². The molecule has 1 fully saturated rings.